The highest BCUT2D eigenvalue weighted by molar-refractivity contribution is 5.39. The van der Waals surface area contributed by atoms with Gasteiger partial charge in [0.1, 0.15) is 5.75 Å². The van der Waals surface area contributed by atoms with Gasteiger partial charge in [0.15, 0.2) is 5.82 Å². The third-order valence-electron chi connectivity index (χ3n) is 3.03. The fraction of sp³-hybridized carbons (Fsp3) is 0.375. The van der Waals surface area contributed by atoms with Gasteiger partial charge in [-0.25, -0.2) is 14.4 Å². The summed E-state index contributed by atoms with van der Waals surface area (Å²) in [5, 5.41) is 3.06. The number of ether oxygens (including phenoxy) is 2. The van der Waals surface area contributed by atoms with Gasteiger partial charge in [0.25, 0.3) is 0 Å². The maximum atomic E-state index is 12.8. The van der Waals surface area contributed by atoms with Crippen molar-refractivity contribution in [3.8, 4) is 5.75 Å². The Morgan fingerprint density at radius 1 is 1.18 bits per heavy atom. The lowest BCUT2D eigenvalue weighted by Crippen LogP contribution is -2.07. The Morgan fingerprint density at radius 3 is 2.68 bits per heavy atom. The summed E-state index contributed by atoms with van der Waals surface area (Å²) in [7, 11) is 1.67. The zero-order valence-corrected chi connectivity index (χ0v) is 12.8. The number of benzene rings is 1. The van der Waals surface area contributed by atoms with Gasteiger partial charge in [-0.3, -0.25) is 0 Å². The number of aromatic nitrogens is 2. The lowest BCUT2D eigenvalue weighted by Gasteiger charge is -2.13. The van der Waals surface area contributed by atoms with Crippen LogP contribution < -0.4 is 10.1 Å². The molecule has 2 aromatic rings. The molecule has 0 aliphatic carbocycles. The third kappa shape index (κ3) is 4.96. The second kappa shape index (κ2) is 8.29. The van der Waals surface area contributed by atoms with E-state index < -0.39 is 5.82 Å². The van der Waals surface area contributed by atoms with E-state index in [0.717, 1.165) is 35.7 Å². The van der Waals surface area contributed by atoms with Crippen LogP contribution in [0.5, 0.6) is 5.75 Å². The van der Waals surface area contributed by atoms with Crippen LogP contribution in [0.3, 0.4) is 0 Å². The van der Waals surface area contributed by atoms with E-state index in [9.17, 15) is 4.39 Å². The monoisotopic (exact) mass is 305 g/mol. The largest absolute Gasteiger partial charge is 0.493 e. The van der Waals surface area contributed by atoms with Crippen LogP contribution in [0.25, 0.3) is 0 Å². The van der Waals surface area contributed by atoms with Gasteiger partial charge in [0, 0.05) is 32.2 Å². The summed E-state index contributed by atoms with van der Waals surface area (Å²) in [6.07, 6.45) is 3.09. The minimum Gasteiger partial charge on any atom is -0.493 e. The lowest BCUT2D eigenvalue weighted by atomic mass is 10.1. The first kappa shape index (κ1) is 16.2. The van der Waals surface area contributed by atoms with E-state index in [2.05, 4.69) is 15.3 Å². The van der Waals surface area contributed by atoms with Crippen molar-refractivity contribution in [3.63, 3.8) is 0 Å². The van der Waals surface area contributed by atoms with Crippen molar-refractivity contribution >= 4 is 5.95 Å². The normalized spacial score (nSPS) is 10.5. The first-order valence-electron chi connectivity index (χ1n) is 7.11. The molecule has 0 atom stereocenters. The summed E-state index contributed by atoms with van der Waals surface area (Å²) in [6.45, 7) is 3.79. The average molecular weight is 305 g/mol. The van der Waals surface area contributed by atoms with E-state index in [0.29, 0.717) is 25.7 Å². The van der Waals surface area contributed by atoms with Gasteiger partial charge in [-0.05, 0) is 18.6 Å². The van der Waals surface area contributed by atoms with E-state index in [4.69, 9.17) is 9.47 Å². The van der Waals surface area contributed by atoms with Crippen LogP contribution in [0.2, 0.25) is 0 Å². The topological polar surface area (TPSA) is 56.3 Å². The molecule has 0 spiro atoms. The molecular formula is C16H20FN3O2. The second-order valence-corrected chi connectivity index (χ2v) is 4.88. The number of aryl methyl sites for hydroxylation is 1. The molecule has 1 N–H and O–H groups in total. The lowest BCUT2D eigenvalue weighted by molar-refractivity contribution is 0.172. The Hall–Kier alpha value is -2.21. The smallest absolute Gasteiger partial charge is 0.223 e. The van der Waals surface area contributed by atoms with Crippen molar-refractivity contribution in [3.05, 3.63) is 47.5 Å². The molecule has 0 fully saturated rings. The molecule has 2 rings (SSSR count). The van der Waals surface area contributed by atoms with Gasteiger partial charge >= 0.3 is 0 Å². The van der Waals surface area contributed by atoms with Crippen molar-refractivity contribution in [2.45, 2.75) is 19.9 Å². The Kier molecular flexibility index (Phi) is 6.09. The van der Waals surface area contributed by atoms with Crippen LogP contribution in [0.15, 0.2) is 30.6 Å². The van der Waals surface area contributed by atoms with Gasteiger partial charge in [-0.2, -0.15) is 0 Å². The molecule has 0 aliphatic heterocycles. The molecule has 0 radical (unpaired) electrons. The Morgan fingerprint density at radius 2 is 1.95 bits per heavy atom. The van der Waals surface area contributed by atoms with Crippen LogP contribution in [-0.4, -0.2) is 30.3 Å². The summed E-state index contributed by atoms with van der Waals surface area (Å²) in [5.41, 5.74) is 2.12. The third-order valence-corrected chi connectivity index (χ3v) is 3.03. The van der Waals surface area contributed by atoms with Crippen molar-refractivity contribution in [1.29, 1.82) is 0 Å². The van der Waals surface area contributed by atoms with Gasteiger partial charge in [0.2, 0.25) is 5.95 Å². The molecule has 1 heterocycles. The summed E-state index contributed by atoms with van der Waals surface area (Å²) in [5.74, 6) is 0.751. The van der Waals surface area contributed by atoms with E-state index in [1.165, 1.54) is 0 Å². The highest BCUT2D eigenvalue weighted by Gasteiger charge is 2.05. The molecule has 118 valence electrons. The van der Waals surface area contributed by atoms with E-state index in [-0.39, 0.29) is 0 Å². The first-order valence-corrected chi connectivity index (χ1v) is 7.11. The zero-order valence-electron chi connectivity index (χ0n) is 12.8. The second-order valence-electron chi connectivity index (χ2n) is 4.88. The minimum atomic E-state index is -0.456. The molecule has 0 saturated carbocycles. The van der Waals surface area contributed by atoms with Gasteiger partial charge in [0.05, 0.1) is 19.0 Å². The molecule has 0 bridgehead atoms. The Labute approximate surface area is 129 Å². The highest BCUT2D eigenvalue weighted by atomic mass is 19.1. The predicted molar refractivity (Wildman–Crippen MR) is 82.5 cm³/mol. The molecule has 1 aromatic heterocycles. The Bertz CT molecular complexity index is 590. The van der Waals surface area contributed by atoms with E-state index in [1.807, 2.05) is 25.1 Å². The van der Waals surface area contributed by atoms with Crippen molar-refractivity contribution in [2.24, 2.45) is 0 Å². The van der Waals surface area contributed by atoms with E-state index in [1.54, 1.807) is 7.11 Å². The fourth-order valence-electron chi connectivity index (χ4n) is 1.91. The SMILES string of the molecule is COCCCOc1cc(C)ccc1CNc1ncc(F)cn1. The van der Waals surface area contributed by atoms with Crippen LogP contribution in [-0.2, 0) is 11.3 Å². The van der Waals surface area contributed by atoms with Crippen molar-refractivity contribution in [2.75, 3.05) is 25.6 Å². The van der Waals surface area contributed by atoms with Crippen LogP contribution in [0.4, 0.5) is 10.3 Å². The van der Waals surface area contributed by atoms with E-state index >= 15 is 0 Å². The van der Waals surface area contributed by atoms with Gasteiger partial charge in [-0.15, -0.1) is 0 Å². The fourth-order valence-corrected chi connectivity index (χ4v) is 1.91. The number of rotatable bonds is 8. The van der Waals surface area contributed by atoms with Crippen LogP contribution in [0.1, 0.15) is 17.5 Å². The number of hydrogen-bond acceptors (Lipinski definition) is 5. The zero-order chi connectivity index (χ0) is 15.8. The molecule has 6 heteroatoms. The number of halogens is 1. The average Bonchev–Trinajstić information content (AvgIpc) is 2.52. The molecule has 1 aromatic carbocycles. The van der Waals surface area contributed by atoms with Gasteiger partial charge < -0.3 is 14.8 Å². The maximum Gasteiger partial charge on any atom is 0.223 e. The number of methoxy groups -OCH3 is 1. The highest BCUT2D eigenvalue weighted by Crippen LogP contribution is 2.21. The summed E-state index contributed by atoms with van der Waals surface area (Å²) in [6, 6.07) is 6.01. The minimum absolute atomic E-state index is 0.382. The molecule has 5 nitrogen and oxygen atoms in total. The molecule has 0 aliphatic rings. The van der Waals surface area contributed by atoms with Crippen molar-refractivity contribution < 1.29 is 13.9 Å². The molecule has 22 heavy (non-hydrogen) atoms. The Balaban J connectivity index is 1.98. The molecule has 0 unspecified atom stereocenters. The number of hydrogen-bond donors (Lipinski definition) is 1. The quantitative estimate of drug-likeness (QED) is 0.760. The van der Waals surface area contributed by atoms with Gasteiger partial charge in [-0.1, -0.05) is 12.1 Å². The summed E-state index contributed by atoms with van der Waals surface area (Å²) in [4.78, 5) is 7.74. The number of anilines is 1. The van der Waals surface area contributed by atoms with Crippen molar-refractivity contribution in [1.82, 2.24) is 9.97 Å². The van der Waals surface area contributed by atoms with Crippen LogP contribution >= 0.6 is 0 Å². The standard InChI is InChI=1S/C16H20FN3O2/c1-12-4-5-13(15(8-12)22-7-3-6-21-2)9-18-16-19-10-14(17)11-20-16/h4-5,8,10-11H,3,6-7,9H2,1-2H3,(H,18,19,20). The first-order chi connectivity index (χ1) is 10.7. The number of nitrogens with one attached hydrogen (secondary N) is 1. The van der Waals surface area contributed by atoms with Crippen LogP contribution in [0, 0.1) is 12.7 Å². The molecule has 0 amide bonds. The molecular weight excluding hydrogens is 285 g/mol. The summed E-state index contributed by atoms with van der Waals surface area (Å²) >= 11 is 0. The predicted octanol–water partition coefficient (Wildman–Crippen LogP) is 2.95. The summed E-state index contributed by atoms with van der Waals surface area (Å²) < 4.78 is 23.6. The number of nitrogens with zero attached hydrogens (tertiary/aromatic N) is 2. The maximum absolute atomic E-state index is 12.8. The molecule has 0 saturated heterocycles.